The minimum absolute atomic E-state index is 0.0292. The van der Waals surface area contributed by atoms with Crippen LogP contribution in [0.15, 0.2) is 6.07 Å². The standard InChI is InChI=1S/C21H23ClO5/c1-10(23)15(17(24)11-5-6-11)18(25)13-9-14(22)12-7-8-21(2,3)20(26)16(12)19(13)27-4/h9,11,15H,5-8H2,1-4H3. The van der Waals surface area contributed by atoms with Crippen molar-refractivity contribution in [3.8, 4) is 5.75 Å². The molecule has 1 fully saturated rings. The van der Waals surface area contributed by atoms with Crippen LogP contribution in [0.1, 0.15) is 66.3 Å². The fraction of sp³-hybridized carbons (Fsp3) is 0.524. The predicted molar refractivity (Wildman–Crippen MR) is 101 cm³/mol. The van der Waals surface area contributed by atoms with Gasteiger partial charge in [-0.1, -0.05) is 25.4 Å². The van der Waals surface area contributed by atoms with E-state index in [0.29, 0.717) is 41.8 Å². The minimum atomic E-state index is -1.37. The number of ether oxygens (including phenoxy) is 1. The van der Waals surface area contributed by atoms with Crippen LogP contribution in [0.2, 0.25) is 5.02 Å². The van der Waals surface area contributed by atoms with Crippen molar-refractivity contribution in [3.63, 3.8) is 0 Å². The van der Waals surface area contributed by atoms with Gasteiger partial charge >= 0.3 is 0 Å². The minimum Gasteiger partial charge on any atom is -0.495 e. The van der Waals surface area contributed by atoms with E-state index in [9.17, 15) is 19.2 Å². The molecule has 5 nitrogen and oxygen atoms in total. The number of ketones is 4. The van der Waals surface area contributed by atoms with Crippen molar-refractivity contribution in [2.45, 2.75) is 46.5 Å². The average Bonchev–Trinajstić information content (AvgIpc) is 3.42. The van der Waals surface area contributed by atoms with Gasteiger partial charge in [-0.25, -0.2) is 0 Å². The lowest BCUT2D eigenvalue weighted by molar-refractivity contribution is -0.130. The zero-order valence-electron chi connectivity index (χ0n) is 16.0. The van der Waals surface area contributed by atoms with E-state index in [1.54, 1.807) is 0 Å². The van der Waals surface area contributed by atoms with Gasteiger partial charge in [0.05, 0.1) is 18.2 Å². The summed E-state index contributed by atoms with van der Waals surface area (Å²) < 4.78 is 5.45. The smallest absolute Gasteiger partial charge is 0.184 e. The fourth-order valence-corrected chi connectivity index (χ4v) is 4.01. The van der Waals surface area contributed by atoms with Crippen molar-refractivity contribution in [3.05, 3.63) is 27.8 Å². The molecule has 0 aliphatic heterocycles. The van der Waals surface area contributed by atoms with E-state index in [2.05, 4.69) is 0 Å². The first kappa shape index (κ1) is 19.7. The van der Waals surface area contributed by atoms with Gasteiger partial charge in [0.15, 0.2) is 17.3 Å². The monoisotopic (exact) mass is 390 g/mol. The molecular weight excluding hydrogens is 368 g/mol. The van der Waals surface area contributed by atoms with Crippen LogP contribution in [0.25, 0.3) is 0 Å². The van der Waals surface area contributed by atoms with Crippen molar-refractivity contribution in [1.82, 2.24) is 0 Å². The van der Waals surface area contributed by atoms with Gasteiger partial charge in [0, 0.05) is 16.4 Å². The van der Waals surface area contributed by atoms with Crippen molar-refractivity contribution < 1.29 is 23.9 Å². The maximum absolute atomic E-state index is 13.2. The summed E-state index contributed by atoms with van der Waals surface area (Å²) in [4.78, 5) is 50.8. The Morgan fingerprint density at radius 1 is 1.26 bits per heavy atom. The first-order valence-corrected chi connectivity index (χ1v) is 9.50. The molecule has 1 atom stereocenters. The molecule has 27 heavy (non-hydrogen) atoms. The second-order valence-corrected chi connectivity index (χ2v) is 8.50. The zero-order valence-corrected chi connectivity index (χ0v) is 16.7. The van der Waals surface area contributed by atoms with Gasteiger partial charge in [-0.3, -0.25) is 19.2 Å². The highest BCUT2D eigenvalue weighted by atomic mass is 35.5. The number of carbonyl (C=O) groups excluding carboxylic acids is 4. The van der Waals surface area contributed by atoms with E-state index in [-0.39, 0.29) is 28.8 Å². The van der Waals surface area contributed by atoms with Gasteiger partial charge in [-0.15, -0.1) is 0 Å². The molecule has 1 aromatic rings. The number of hydrogen-bond acceptors (Lipinski definition) is 5. The van der Waals surface area contributed by atoms with Gasteiger partial charge in [-0.05, 0) is 44.2 Å². The van der Waals surface area contributed by atoms with Crippen LogP contribution in [0.3, 0.4) is 0 Å². The van der Waals surface area contributed by atoms with Crippen molar-refractivity contribution in [1.29, 1.82) is 0 Å². The highest BCUT2D eigenvalue weighted by Crippen LogP contribution is 2.44. The molecule has 1 unspecified atom stereocenters. The van der Waals surface area contributed by atoms with Crippen LogP contribution in [0.5, 0.6) is 5.75 Å². The Hall–Kier alpha value is -2.01. The largest absolute Gasteiger partial charge is 0.495 e. The van der Waals surface area contributed by atoms with E-state index in [1.807, 2.05) is 13.8 Å². The van der Waals surface area contributed by atoms with E-state index >= 15 is 0 Å². The summed E-state index contributed by atoms with van der Waals surface area (Å²) in [6.07, 6.45) is 2.63. The Labute approximate surface area is 163 Å². The number of fused-ring (bicyclic) bond motifs is 1. The SMILES string of the molecule is COc1c(C(=O)C(C(C)=O)C(=O)C2CC2)cc(Cl)c2c1C(=O)C(C)(C)CC2. The normalized spacial score (nSPS) is 19.2. The van der Waals surface area contributed by atoms with Crippen LogP contribution in [-0.2, 0) is 16.0 Å². The summed E-state index contributed by atoms with van der Waals surface area (Å²) in [5.74, 6) is -3.13. The molecule has 1 saturated carbocycles. The highest BCUT2D eigenvalue weighted by Gasteiger charge is 2.44. The molecule has 0 heterocycles. The van der Waals surface area contributed by atoms with E-state index in [1.165, 1.54) is 20.1 Å². The Kier molecular flexibility index (Phi) is 5.02. The number of halogens is 1. The first-order chi connectivity index (χ1) is 12.6. The third-order valence-corrected chi connectivity index (χ3v) is 5.91. The van der Waals surface area contributed by atoms with Gasteiger partial charge in [0.25, 0.3) is 0 Å². The molecule has 0 spiro atoms. The molecular formula is C21H23ClO5. The Balaban J connectivity index is 2.16. The summed E-state index contributed by atoms with van der Waals surface area (Å²) >= 11 is 6.39. The number of hydrogen-bond donors (Lipinski definition) is 0. The topological polar surface area (TPSA) is 77.5 Å². The maximum Gasteiger partial charge on any atom is 0.184 e. The summed E-state index contributed by atoms with van der Waals surface area (Å²) in [6.45, 7) is 4.92. The lowest BCUT2D eigenvalue weighted by atomic mass is 9.72. The van der Waals surface area contributed by atoms with Crippen LogP contribution >= 0.6 is 11.6 Å². The molecule has 2 aliphatic rings. The lowest BCUT2D eigenvalue weighted by Crippen LogP contribution is -2.34. The fourth-order valence-electron chi connectivity index (χ4n) is 3.71. The third-order valence-electron chi connectivity index (χ3n) is 5.58. The van der Waals surface area contributed by atoms with E-state index in [0.717, 1.165) is 0 Å². The Morgan fingerprint density at radius 3 is 2.41 bits per heavy atom. The summed E-state index contributed by atoms with van der Waals surface area (Å²) in [5, 5.41) is 0.291. The van der Waals surface area contributed by atoms with Gasteiger partial charge in [-0.2, -0.15) is 0 Å². The summed E-state index contributed by atoms with van der Waals surface area (Å²) in [5.41, 5.74) is 0.379. The maximum atomic E-state index is 13.2. The highest BCUT2D eigenvalue weighted by molar-refractivity contribution is 6.34. The zero-order chi connectivity index (χ0) is 20.1. The summed E-state index contributed by atoms with van der Waals surface area (Å²) in [7, 11) is 1.38. The van der Waals surface area contributed by atoms with Crippen molar-refractivity contribution in [2.24, 2.45) is 17.3 Å². The molecule has 0 amide bonds. The van der Waals surface area contributed by atoms with Crippen LogP contribution in [0, 0.1) is 17.3 Å². The molecule has 1 aromatic carbocycles. The number of benzene rings is 1. The van der Waals surface area contributed by atoms with Gasteiger partial charge in [0.2, 0.25) is 0 Å². The predicted octanol–water partition coefficient (Wildman–Crippen LogP) is 3.87. The molecule has 0 N–H and O–H groups in total. The van der Waals surface area contributed by atoms with Crippen LogP contribution in [0.4, 0.5) is 0 Å². The van der Waals surface area contributed by atoms with Gasteiger partial charge < -0.3 is 4.74 Å². The van der Waals surface area contributed by atoms with Crippen LogP contribution in [-0.4, -0.2) is 30.2 Å². The van der Waals surface area contributed by atoms with Gasteiger partial charge in [0.1, 0.15) is 17.5 Å². The number of carbonyl (C=O) groups is 4. The van der Waals surface area contributed by atoms with E-state index in [4.69, 9.17) is 16.3 Å². The number of methoxy groups -OCH3 is 1. The molecule has 2 aliphatic carbocycles. The molecule has 0 saturated heterocycles. The molecule has 0 bridgehead atoms. The molecule has 3 rings (SSSR count). The molecule has 0 radical (unpaired) electrons. The second-order valence-electron chi connectivity index (χ2n) is 8.09. The first-order valence-electron chi connectivity index (χ1n) is 9.12. The quantitative estimate of drug-likeness (QED) is 0.544. The Morgan fingerprint density at radius 2 is 1.89 bits per heavy atom. The number of Topliss-reactive ketones (excluding diaryl/α,β-unsaturated/α-hetero) is 4. The lowest BCUT2D eigenvalue weighted by Gasteiger charge is -2.32. The molecule has 6 heteroatoms. The average molecular weight is 391 g/mol. The molecule has 144 valence electrons. The van der Waals surface area contributed by atoms with Crippen LogP contribution < -0.4 is 4.74 Å². The van der Waals surface area contributed by atoms with E-state index < -0.39 is 22.9 Å². The number of rotatable bonds is 6. The van der Waals surface area contributed by atoms with Crippen molar-refractivity contribution in [2.75, 3.05) is 7.11 Å². The molecule has 0 aromatic heterocycles. The third kappa shape index (κ3) is 3.33. The second kappa shape index (κ2) is 6.86. The Bertz CT molecular complexity index is 864. The van der Waals surface area contributed by atoms with Crippen molar-refractivity contribution >= 4 is 34.7 Å². The summed E-state index contributed by atoms with van der Waals surface area (Å²) in [6, 6.07) is 1.43.